The molecule has 3 rings (SSSR count). The first-order chi connectivity index (χ1) is 8.16. The smallest absolute Gasteiger partial charge is 0.0447 e. The molecular formula is C16H15Cl. The van der Waals surface area contributed by atoms with Gasteiger partial charge in [-0.2, -0.15) is 0 Å². The van der Waals surface area contributed by atoms with Crippen LogP contribution in [-0.4, -0.2) is 0 Å². The predicted molar refractivity (Wildman–Crippen MR) is 73.8 cm³/mol. The van der Waals surface area contributed by atoms with Gasteiger partial charge in [0.15, 0.2) is 0 Å². The number of rotatable bonds is 1. The van der Waals surface area contributed by atoms with Gasteiger partial charge in [0, 0.05) is 11.4 Å². The summed E-state index contributed by atoms with van der Waals surface area (Å²) < 4.78 is 0. The number of hydrogen-bond donors (Lipinski definition) is 0. The highest BCUT2D eigenvalue weighted by atomic mass is 35.5. The third-order valence-electron chi connectivity index (χ3n) is 3.57. The SMILES string of the molecule is CC(C)c1ccc2c(c1)Cc1c(Cl)cccc1-2. The molecule has 0 radical (unpaired) electrons. The van der Waals surface area contributed by atoms with Crippen LogP contribution >= 0.6 is 11.6 Å². The lowest BCUT2D eigenvalue weighted by Gasteiger charge is -2.08. The van der Waals surface area contributed by atoms with Crippen LogP contribution in [0.4, 0.5) is 0 Å². The first-order valence-electron chi connectivity index (χ1n) is 6.07. The molecule has 2 aromatic carbocycles. The third kappa shape index (κ3) is 1.68. The maximum Gasteiger partial charge on any atom is 0.0447 e. The molecule has 0 fully saturated rings. The Kier molecular flexibility index (Phi) is 2.48. The minimum Gasteiger partial charge on any atom is -0.0840 e. The molecule has 0 amide bonds. The van der Waals surface area contributed by atoms with E-state index in [0.29, 0.717) is 5.92 Å². The fraction of sp³-hybridized carbons (Fsp3) is 0.250. The van der Waals surface area contributed by atoms with E-state index in [0.717, 1.165) is 11.4 Å². The van der Waals surface area contributed by atoms with E-state index in [9.17, 15) is 0 Å². The summed E-state index contributed by atoms with van der Waals surface area (Å²) in [5.41, 5.74) is 6.77. The highest BCUT2D eigenvalue weighted by Gasteiger charge is 2.20. The maximum atomic E-state index is 6.26. The van der Waals surface area contributed by atoms with Crippen molar-refractivity contribution in [3.63, 3.8) is 0 Å². The zero-order valence-electron chi connectivity index (χ0n) is 10.1. The fourth-order valence-corrected chi connectivity index (χ4v) is 2.80. The molecule has 0 saturated carbocycles. The first kappa shape index (κ1) is 10.9. The summed E-state index contributed by atoms with van der Waals surface area (Å²) in [5, 5.41) is 0.893. The molecule has 1 aliphatic carbocycles. The van der Waals surface area contributed by atoms with Gasteiger partial charge < -0.3 is 0 Å². The molecule has 0 saturated heterocycles. The predicted octanol–water partition coefficient (Wildman–Crippen LogP) is 5.03. The van der Waals surface area contributed by atoms with Crippen molar-refractivity contribution in [2.75, 3.05) is 0 Å². The summed E-state index contributed by atoms with van der Waals surface area (Å²) >= 11 is 6.26. The Morgan fingerprint density at radius 3 is 2.65 bits per heavy atom. The number of halogens is 1. The van der Waals surface area contributed by atoms with Crippen LogP contribution in [-0.2, 0) is 6.42 Å². The lowest BCUT2D eigenvalue weighted by molar-refractivity contribution is 0.864. The van der Waals surface area contributed by atoms with Gasteiger partial charge in [0.2, 0.25) is 0 Å². The highest BCUT2D eigenvalue weighted by molar-refractivity contribution is 6.32. The van der Waals surface area contributed by atoms with Crippen molar-refractivity contribution >= 4 is 11.6 Å². The summed E-state index contributed by atoms with van der Waals surface area (Å²) in [6.45, 7) is 4.47. The van der Waals surface area contributed by atoms with Crippen LogP contribution in [0.1, 0.15) is 36.5 Å². The lowest BCUT2D eigenvalue weighted by Crippen LogP contribution is -1.89. The molecule has 0 bridgehead atoms. The van der Waals surface area contributed by atoms with Gasteiger partial charge >= 0.3 is 0 Å². The van der Waals surface area contributed by atoms with Crippen LogP contribution in [0.5, 0.6) is 0 Å². The minimum absolute atomic E-state index is 0.583. The molecular weight excluding hydrogens is 228 g/mol. The topological polar surface area (TPSA) is 0 Å². The maximum absolute atomic E-state index is 6.26. The van der Waals surface area contributed by atoms with E-state index in [1.54, 1.807) is 0 Å². The van der Waals surface area contributed by atoms with Gasteiger partial charge in [-0.25, -0.2) is 0 Å². The molecule has 0 heterocycles. The van der Waals surface area contributed by atoms with Crippen molar-refractivity contribution in [3.05, 3.63) is 58.1 Å². The van der Waals surface area contributed by atoms with E-state index in [1.165, 1.54) is 27.8 Å². The van der Waals surface area contributed by atoms with Crippen LogP contribution in [0.2, 0.25) is 5.02 Å². The molecule has 0 unspecified atom stereocenters. The van der Waals surface area contributed by atoms with Gasteiger partial charge in [-0.1, -0.05) is 55.8 Å². The summed E-state index contributed by atoms with van der Waals surface area (Å²) in [6, 6.07) is 13.0. The second-order valence-electron chi connectivity index (χ2n) is 5.01. The summed E-state index contributed by atoms with van der Waals surface area (Å²) in [7, 11) is 0. The molecule has 0 spiro atoms. The molecule has 86 valence electrons. The van der Waals surface area contributed by atoms with Gasteiger partial charge in [0.1, 0.15) is 0 Å². The number of fused-ring (bicyclic) bond motifs is 3. The molecule has 0 aliphatic heterocycles. The van der Waals surface area contributed by atoms with Crippen LogP contribution < -0.4 is 0 Å². The standard InChI is InChI=1S/C16H15Cl/c1-10(2)11-6-7-13-12(8-11)9-15-14(13)4-3-5-16(15)17/h3-8,10H,9H2,1-2H3. The number of benzene rings is 2. The van der Waals surface area contributed by atoms with Crippen molar-refractivity contribution in [1.82, 2.24) is 0 Å². The quantitative estimate of drug-likeness (QED) is 0.561. The summed E-state index contributed by atoms with van der Waals surface area (Å²) in [6.07, 6.45) is 0.977. The zero-order valence-corrected chi connectivity index (χ0v) is 10.9. The second kappa shape index (κ2) is 3.89. The molecule has 2 aromatic rings. The van der Waals surface area contributed by atoms with E-state index in [1.807, 2.05) is 12.1 Å². The molecule has 0 aromatic heterocycles. The molecule has 1 heteroatoms. The first-order valence-corrected chi connectivity index (χ1v) is 6.45. The minimum atomic E-state index is 0.583. The van der Waals surface area contributed by atoms with Crippen molar-refractivity contribution in [1.29, 1.82) is 0 Å². The molecule has 0 atom stereocenters. The normalized spacial score (nSPS) is 12.7. The largest absolute Gasteiger partial charge is 0.0840 e. The van der Waals surface area contributed by atoms with E-state index < -0.39 is 0 Å². The molecule has 1 aliphatic rings. The highest BCUT2D eigenvalue weighted by Crippen LogP contribution is 2.40. The number of hydrogen-bond acceptors (Lipinski definition) is 0. The Labute approximate surface area is 107 Å². The average molecular weight is 243 g/mol. The molecule has 17 heavy (non-hydrogen) atoms. The molecule has 0 N–H and O–H groups in total. The van der Waals surface area contributed by atoms with Gasteiger partial charge in [0.05, 0.1) is 0 Å². The van der Waals surface area contributed by atoms with Crippen LogP contribution in [0.15, 0.2) is 36.4 Å². The summed E-state index contributed by atoms with van der Waals surface area (Å²) in [5.74, 6) is 0.583. The Morgan fingerprint density at radius 2 is 1.88 bits per heavy atom. The Balaban J connectivity index is 2.16. The average Bonchev–Trinajstić information content (AvgIpc) is 2.68. The van der Waals surface area contributed by atoms with E-state index in [-0.39, 0.29) is 0 Å². The Morgan fingerprint density at radius 1 is 1.06 bits per heavy atom. The van der Waals surface area contributed by atoms with Gasteiger partial charge in [-0.3, -0.25) is 0 Å². The van der Waals surface area contributed by atoms with E-state index >= 15 is 0 Å². The third-order valence-corrected chi connectivity index (χ3v) is 3.93. The van der Waals surface area contributed by atoms with Crippen LogP contribution in [0.25, 0.3) is 11.1 Å². The van der Waals surface area contributed by atoms with Gasteiger partial charge in [-0.15, -0.1) is 0 Å². The Hall–Kier alpha value is -1.27. The van der Waals surface area contributed by atoms with E-state index in [4.69, 9.17) is 11.6 Å². The van der Waals surface area contributed by atoms with Crippen molar-refractivity contribution in [2.45, 2.75) is 26.2 Å². The van der Waals surface area contributed by atoms with E-state index in [2.05, 4.69) is 38.1 Å². The Bertz CT molecular complexity index is 582. The lowest BCUT2D eigenvalue weighted by atomic mass is 9.97. The fourth-order valence-electron chi connectivity index (χ4n) is 2.56. The summed E-state index contributed by atoms with van der Waals surface area (Å²) in [4.78, 5) is 0. The van der Waals surface area contributed by atoms with Gasteiger partial charge in [-0.05, 0) is 39.8 Å². The van der Waals surface area contributed by atoms with Crippen LogP contribution in [0.3, 0.4) is 0 Å². The van der Waals surface area contributed by atoms with Gasteiger partial charge in [0.25, 0.3) is 0 Å². The van der Waals surface area contributed by atoms with Crippen molar-refractivity contribution in [2.24, 2.45) is 0 Å². The molecule has 0 nitrogen and oxygen atoms in total. The zero-order chi connectivity index (χ0) is 12.0. The van der Waals surface area contributed by atoms with Crippen molar-refractivity contribution in [3.8, 4) is 11.1 Å². The van der Waals surface area contributed by atoms with Crippen molar-refractivity contribution < 1.29 is 0 Å². The second-order valence-corrected chi connectivity index (χ2v) is 5.42. The van der Waals surface area contributed by atoms with Crippen LogP contribution in [0, 0.1) is 0 Å². The monoisotopic (exact) mass is 242 g/mol.